The third-order valence-electron chi connectivity index (χ3n) is 9.79. The van der Waals surface area contributed by atoms with E-state index >= 15 is 0 Å². The molecule has 0 aromatic carbocycles. The van der Waals surface area contributed by atoms with E-state index in [-0.39, 0.29) is 31.1 Å². The molecule has 0 radical (unpaired) electrons. The molecule has 0 fully saturated rings. The summed E-state index contributed by atoms with van der Waals surface area (Å²) < 4.78 is 16.6. The normalized spacial score (nSPS) is 11.9. The molecule has 0 amide bonds. The van der Waals surface area contributed by atoms with E-state index in [1.165, 1.54) is 135 Å². The molecule has 0 saturated carbocycles. The van der Waals surface area contributed by atoms with Crippen LogP contribution in [0.1, 0.15) is 240 Å². The average Bonchev–Trinajstić information content (AvgIpc) is 3.09. The van der Waals surface area contributed by atoms with Gasteiger partial charge in [0.05, 0.1) is 0 Å². The Morgan fingerprint density at radius 2 is 0.660 bits per heavy atom. The van der Waals surface area contributed by atoms with Crippen LogP contribution in [0.4, 0.5) is 0 Å². The fourth-order valence-electron chi connectivity index (χ4n) is 6.45. The van der Waals surface area contributed by atoms with Crippen molar-refractivity contribution in [2.75, 3.05) is 13.2 Å². The van der Waals surface area contributed by atoms with Gasteiger partial charge in [-0.1, -0.05) is 201 Å². The van der Waals surface area contributed by atoms with Crippen LogP contribution in [0.25, 0.3) is 0 Å². The Balaban J connectivity index is 4.31. The van der Waals surface area contributed by atoms with Gasteiger partial charge in [-0.25, -0.2) is 0 Å². The van der Waals surface area contributed by atoms with Gasteiger partial charge in [-0.3, -0.25) is 14.4 Å². The van der Waals surface area contributed by atoms with E-state index < -0.39 is 6.10 Å². The smallest absolute Gasteiger partial charge is 0.306 e. The molecule has 296 valence electrons. The number of unbranched alkanes of at least 4 members (excludes halogenated alkanes) is 26. The summed E-state index contributed by atoms with van der Waals surface area (Å²) in [5.74, 6) is -0.104. The Labute approximate surface area is 310 Å². The van der Waals surface area contributed by atoms with Crippen LogP contribution < -0.4 is 0 Å². The van der Waals surface area contributed by atoms with Gasteiger partial charge in [-0.15, -0.1) is 0 Å². The number of ether oxygens (including phenoxy) is 3. The van der Waals surface area contributed by atoms with Crippen LogP contribution in [-0.4, -0.2) is 37.2 Å². The summed E-state index contributed by atoms with van der Waals surface area (Å²) in [7, 11) is 0. The van der Waals surface area contributed by atoms with Crippen molar-refractivity contribution in [2.45, 2.75) is 246 Å². The molecule has 0 bridgehead atoms. The fourth-order valence-corrected chi connectivity index (χ4v) is 6.45. The van der Waals surface area contributed by atoms with Gasteiger partial charge in [0.15, 0.2) is 6.10 Å². The largest absolute Gasteiger partial charge is 0.462 e. The maximum absolute atomic E-state index is 12.6. The molecule has 0 heterocycles. The Morgan fingerprint density at radius 1 is 0.380 bits per heavy atom. The van der Waals surface area contributed by atoms with E-state index in [0.29, 0.717) is 19.3 Å². The van der Waals surface area contributed by atoms with Crippen LogP contribution >= 0.6 is 0 Å². The molecule has 50 heavy (non-hydrogen) atoms. The standard InChI is InChI=1S/C44H84O6/c1-5-7-9-11-13-15-17-18-19-21-23-28-32-36-43(46)49-39-41(50-44(47)37-33-29-25-24-26-30-34-40(3)4)38-48-42(45)35-31-27-22-20-16-14-12-10-8-6-2/h40-41H,5-39H2,1-4H3/t41-/m1/s1. The van der Waals surface area contributed by atoms with E-state index in [1.807, 2.05) is 0 Å². The number of esters is 3. The minimum absolute atomic E-state index is 0.0651. The first-order valence-electron chi connectivity index (χ1n) is 21.9. The molecule has 0 unspecified atom stereocenters. The number of carbonyl (C=O) groups excluding carboxylic acids is 3. The molecule has 0 rings (SSSR count). The van der Waals surface area contributed by atoms with Crippen molar-refractivity contribution in [1.82, 2.24) is 0 Å². The summed E-state index contributed by atoms with van der Waals surface area (Å²) in [5.41, 5.74) is 0. The van der Waals surface area contributed by atoms with Gasteiger partial charge in [0, 0.05) is 19.3 Å². The monoisotopic (exact) mass is 709 g/mol. The summed E-state index contributed by atoms with van der Waals surface area (Å²) in [4.78, 5) is 37.5. The van der Waals surface area contributed by atoms with Crippen molar-refractivity contribution in [3.8, 4) is 0 Å². The lowest BCUT2D eigenvalue weighted by Gasteiger charge is -2.18. The maximum Gasteiger partial charge on any atom is 0.306 e. The van der Waals surface area contributed by atoms with E-state index in [2.05, 4.69) is 27.7 Å². The number of hydrogen-bond donors (Lipinski definition) is 0. The van der Waals surface area contributed by atoms with Gasteiger partial charge in [-0.2, -0.15) is 0 Å². The van der Waals surface area contributed by atoms with Crippen LogP contribution in [0.5, 0.6) is 0 Å². The molecule has 0 saturated heterocycles. The Hall–Kier alpha value is -1.59. The van der Waals surface area contributed by atoms with Gasteiger partial charge in [-0.05, 0) is 25.2 Å². The zero-order chi connectivity index (χ0) is 36.8. The first kappa shape index (κ1) is 48.4. The molecule has 1 atom stereocenters. The second-order valence-electron chi connectivity index (χ2n) is 15.5. The summed E-state index contributed by atoms with van der Waals surface area (Å²) in [6.45, 7) is 8.90. The molecule has 6 heteroatoms. The van der Waals surface area contributed by atoms with E-state index in [1.54, 1.807) is 0 Å². The zero-order valence-corrected chi connectivity index (χ0v) is 33.9. The molecule has 0 aromatic rings. The zero-order valence-electron chi connectivity index (χ0n) is 33.9. The van der Waals surface area contributed by atoms with Crippen molar-refractivity contribution < 1.29 is 28.6 Å². The molecule has 0 spiro atoms. The third-order valence-corrected chi connectivity index (χ3v) is 9.79. The Bertz CT molecular complexity index is 751. The van der Waals surface area contributed by atoms with Gasteiger partial charge >= 0.3 is 17.9 Å². The molecular weight excluding hydrogens is 624 g/mol. The molecule has 0 N–H and O–H groups in total. The molecular formula is C44H84O6. The fraction of sp³-hybridized carbons (Fsp3) is 0.932. The summed E-state index contributed by atoms with van der Waals surface area (Å²) in [6.07, 6.45) is 36.7. The minimum Gasteiger partial charge on any atom is -0.462 e. The molecule has 0 aliphatic rings. The molecule has 0 aliphatic heterocycles. The van der Waals surface area contributed by atoms with Gasteiger partial charge in [0.1, 0.15) is 13.2 Å². The van der Waals surface area contributed by atoms with Gasteiger partial charge in [0.2, 0.25) is 0 Å². The predicted octanol–water partition coefficient (Wildman–Crippen LogP) is 13.6. The summed E-state index contributed by atoms with van der Waals surface area (Å²) in [6, 6.07) is 0. The van der Waals surface area contributed by atoms with Crippen molar-refractivity contribution in [3.63, 3.8) is 0 Å². The molecule has 6 nitrogen and oxygen atoms in total. The second kappa shape index (κ2) is 38.6. The van der Waals surface area contributed by atoms with E-state index in [9.17, 15) is 14.4 Å². The topological polar surface area (TPSA) is 78.9 Å². The lowest BCUT2D eigenvalue weighted by Crippen LogP contribution is -2.30. The maximum atomic E-state index is 12.6. The van der Waals surface area contributed by atoms with E-state index in [4.69, 9.17) is 14.2 Å². The first-order chi connectivity index (χ1) is 24.4. The Kier molecular flexibility index (Phi) is 37.4. The number of hydrogen-bond acceptors (Lipinski definition) is 6. The van der Waals surface area contributed by atoms with Crippen LogP contribution in [0.15, 0.2) is 0 Å². The lowest BCUT2D eigenvalue weighted by atomic mass is 10.0. The van der Waals surface area contributed by atoms with Crippen molar-refractivity contribution >= 4 is 17.9 Å². The van der Waals surface area contributed by atoms with Crippen LogP contribution in [0, 0.1) is 5.92 Å². The lowest BCUT2D eigenvalue weighted by molar-refractivity contribution is -0.167. The average molecular weight is 709 g/mol. The van der Waals surface area contributed by atoms with E-state index in [0.717, 1.165) is 63.7 Å². The third kappa shape index (κ3) is 37.7. The number of carbonyl (C=O) groups is 3. The molecule has 0 aromatic heterocycles. The van der Waals surface area contributed by atoms with Crippen LogP contribution in [-0.2, 0) is 28.6 Å². The number of rotatable bonds is 39. The second-order valence-corrected chi connectivity index (χ2v) is 15.5. The van der Waals surface area contributed by atoms with Crippen molar-refractivity contribution in [3.05, 3.63) is 0 Å². The van der Waals surface area contributed by atoms with Crippen molar-refractivity contribution in [2.24, 2.45) is 5.92 Å². The minimum atomic E-state index is -0.759. The quantitative estimate of drug-likeness (QED) is 0.0359. The predicted molar refractivity (Wildman–Crippen MR) is 210 cm³/mol. The highest BCUT2D eigenvalue weighted by atomic mass is 16.6. The highest BCUT2D eigenvalue weighted by molar-refractivity contribution is 5.71. The highest BCUT2D eigenvalue weighted by Gasteiger charge is 2.19. The van der Waals surface area contributed by atoms with Crippen molar-refractivity contribution in [1.29, 1.82) is 0 Å². The first-order valence-corrected chi connectivity index (χ1v) is 21.9. The Morgan fingerprint density at radius 3 is 0.980 bits per heavy atom. The summed E-state index contributed by atoms with van der Waals surface area (Å²) in [5, 5.41) is 0. The van der Waals surface area contributed by atoms with Crippen LogP contribution in [0.3, 0.4) is 0 Å². The summed E-state index contributed by atoms with van der Waals surface area (Å²) >= 11 is 0. The SMILES string of the molecule is CCCCCCCCCCCCCCCC(=O)OC[C@@H](COC(=O)CCCCCCCCCCCC)OC(=O)CCCCCCCCC(C)C. The molecule has 0 aliphatic carbocycles. The highest BCUT2D eigenvalue weighted by Crippen LogP contribution is 2.16. The van der Waals surface area contributed by atoms with Crippen LogP contribution in [0.2, 0.25) is 0 Å². The van der Waals surface area contributed by atoms with Gasteiger partial charge < -0.3 is 14.2 Å². The van der Waals surface area contributed by atoms with Gasteiger partial charge in [0.25, 0.3) is 0 Å².